The number of carbonyl (C=O) groups excluding carboxylic acids is 2. The van der Waals surface area contributed by atoms with Crippen molar-refractivity contribution >= 4 is 17.5 Å². The molecule has 2 amide bonds. The molecule has 3 rings (SSSR count). The van der Waals surface area contributed by atoms with E-state index in [1.165, 1.54) is 7.11 Å². The summed E-state index contributed by atoms with van der Waals surface area (Å²) in [6, 6.07) is 9.17. The van der Waals surface area contributed by atoms with Crippen LogP contribution in [0.15, 0.2) is 42.7 Å². The van der Waals surface area contributed by atoms with E-state index >= 15 is 0 Å². The molecule has 3 atom stereocenters. The highest BCUT2D eigenvalue weighted by Crippen LogP contribution is 2.26. The predicted octanol–water partition coefficient (Wildman–Crippen LogP) is 2.67. The summed E-state index contributed by atoms with van der Waals surface area (Å²) in [6.45, 7) is 6.50. The zero-order valence-corrected chi connectivity index (χ0v) is 21.2. The average molecular weight is 485 g/mol. The van der Waals surface area contributed by atoms with Crippen LogP contribution in [0.25, 0.3) is 0 Å². The van der Waals surface area contributed by atoms with Crippen LogP contribution in [0.2, 0.25) is 0 Å². The van der Waals surface area contributed by atoms with E-state index in [2.05, 4.69) is 35.1 Å². The molecule has 1 aliphatic heterocycles. The molecule has 0 saturated carbocycles. The molecule has 2 aromatic rings. The van der Waals surface area contributed by atoms with Crippen LogP contribution in [0.5, 0.6) is 5.75 Å². The fourth-order valence-electron chi connectivity index (χ4n) is 4.20. The van der Waals surface area contributed by atoms with Crippen LogP contribution in [-0.2, 0) is 20.8 Å². The highest BCUT2D eigenvalue weighted by molar-refractivity contribution is 5.99. The molecule has 0 aliphatic carbocycles. The van der Waals surface area contributed by atoms with Gasteiger partial charge < -0.3 is 24.4 Å². The lowest BCUT2D eigenvalue weighted by Crippen LogP contribution is -2.46. The predicted molar refractivity (Wildman–Crippen MR) is 133 cm³/mol. The Morgan fingerprint density at radius 1 is 1.23 bits per heavy atom. The third kappa shape index (κ3) is 7.24. The number of hydrogen-bond acceptors (Lipinski definition) is 7. The van der Waals surface area contributed by atoms with Crippen molar-refractivity contribution < 1.29 is 23.8 Å². The number of nitrogens with zero attached hydrogens (tertiary/aromatic N) is 3. The van der Waals surface area contributed by atoms with Crippen LogP contribution in [-0.4, -0.2) is 86.3 Å². The van der Waals surface area contributed by atoms with Crippen molar-refractivity contribution in [3.8, 4) is 5.75 Å². The van der Waals surface area contributed by atoms with E-state index in [4.69, 9.17) is 14.2 Å². The number of ether oxygens (including phenoxy) is 3. The Labute approximate surface area is 207 Å². The first-order valence-electron chi connectivity index (χ1n) is 11.8. The number of likely N-dealkylation sites (N-methyl/N-ethyl adjacent to an activating group) is 1. The summed E-state index contributed by atoms with van der Waals surface area (Å²) in [7, 11) is 4.89. The summed E-state index contributed by atoms with van der Waals surface area (Å²) in [4.78, 5) is 33.7. The number of pyridine rings is 1. The van der Waals surface area contributed by atoms with Gasteiger partial charge in [0.2, 0.25) is 5.91 Å². The van der Waals surface area contributed by atoms with Crippen molar-refractivity contribution in [2.24, 2.45) is 5.92 Å². The van der Waals surface area contributed by atoms with Gasteiger partial charge in [0, 0.05) is 65.0 Å². The molecule has 1 aromatic carbocycles. The maximum atomic E-state index is 13.4. The zero-order chi connectivity index (χ0) is 25.4. The van der Waals surface area contributed by atoms with Crippen molar-refractivity contribution in [2.75, 3.05) is 52.9 Å². The molecule has 0 unspecified atom stereocenters. The molecule has 35 heavy (non-hydrogen) atoms. The van der Waals surface area contributed by atoms with Gasteiger partial charge in [0.15, 0.2) is 0 Å². The van der Waals surface area contributed by atoms with Gasteiger partial charge in [0.25, 0.3) is 5.91 Å². The van der Waals surface area contributed by atoms with E-state index in [0.29, 0.717) is 30.2 Å². The number of hydrogen-bond donors (Lipinski definition) is 1. The number of nitrogens with one attached hydrogen (secondary N) is 1. The molecule has 2 heterocycles. The number of rotatable bonds is 6. The molecule has 0 saturated heterocycles. The molecule has 1 aliphatic rings. The second-order valence-electron chi connectivity index (χ2n) is 9.08. The van der Waals surface area contributed by atoms with Gasteiger partial charge in [-0.25, -0.2) is 0 Å². The number of fused-ring (bicyclic) bond motifs is 1. The van der Waals surface area contributed by atoms with E-state index in [1.54, 1.807) is 43.5 Å². The number of amides is 2. The highest BCUT2D eigenvalue weighted by Gasteiger charge is 2.28. The summed E-state index contributed by atoms with van der Waals surface area (Å²) in [6.07, 6.45) is 3.50. The molecule has 0 spiro atoms. The van der Waals surface area contributed by atoms with Crippen molar-refractivity contribution in [1.29, 1.82) is 0 Å². The SMILES string of the molecule is COCC(=O)Nc1ccc2c(c1)C(=O)N(C)C[C@@H](OC)[C@@H](C)CN(Cc1cccnc1)[C@@H](C)CO2. The summed E-state index contributed by atoms with van der Waals surface area (Å²) in [5.74, 6) is 0.142. The van der Waals surface area contributed by atoms with Gasteiger partial charge in [-0.1, -0.05) is 13.0 Å². The Balaban J connectivity index is 1.92. The van der Waals surface area contributed by atoms with Crippen LogP contribution < -0.4 is 10.1 Å². The van der Waals surface area contributed by atoms with Crippen LogP contribution in [0.4, 0.5) is 5.69 Å². The fourth-order valence-corrected chi connectivity index (χ4v) is 4.20. The van der Waals surface area contributed by atoms with Crippen LogP contribution in [0.3, 0.4) is 0 Å². The number of methoxy groups -OCH3 is 2. The highest BCUT2D eigenvalue weighted by atomic mass is 16.5. The third-order valence-electron chi connectivity index (χ3n) is 6.24. The number of benzene rings is 1. The number of aromatic nitrogens is 1. The van der Waals surface area contributed by atoms with Gasteiger partial charge in [-0.3, -0.25) is 19.5 Å². The molecule has 9 heteroatoms. The van der Waals surface area contributed by atoms with Crippen molar-refractivity contribution in [3.05, 3.63) is 53.9 Å². The summed E-state index contributed by atoms with van der Waals surface area (Å²) in [5.41, 5.74) is 2.01. The molecule has 0 radical (unpaired) electrons. The monoisotopic (exact) mass is 484 g/mol. The Kier molecular flexibility index (Phi) is 9.59. The second-order valence-corrected chi connectivity index (χ2v) is 9.08. The van der Waals surface area contributed by atoms with E-state index in [-0.39, 0.29) is 36.5 Å². The zero-order valence-electron chi connectivity index (χ0n) is 21.2. The number of anilines is 1. The summed E-state index contributed by atoms with van der Waals surface area (Å²) < 4.78 is 16.9. The molecule has 9 nitrogen and oxygen atoms in total. The fraction of sp³-hybridized carbons (Fsp3) is 0.500. The second kappa shape index (κ2) is 12.6. The topological polar surface area (TPSA) is 93.2 Å². The van der Waals surface area contributed by atoms with Crippen molar-refractivity contribution in [1.82, 2.24) is 14.8 Å². The lowest BCUT2D eigenvalue weighted by atomic mass is 10.0. The van der Waals surface area contributed by atoms with E-state index in [9.17, 15) is 9.59 Å². The standard InChI is InChI=1S/C26H36N4O5/c1-18-13-30(14-20-7-6-10-27-12-20)19(2)16-35-23-9-8-21(28-25(31)17-33-4)11-22(23)26(32)29(3)15-24(18)34-5/h6-12,18-19,24H,13-17H2,1-5H3,(H,28,31)/t18-,19-,24+/m0/s1. The Morgan fingerprint density at radius 2 is 2.03 bits per heavy atom. The minimum Gasteiger partial charge on any atom is -0.491 e. The van der Waals surface area contributed by atoms with Gasteiger partial charge in [0.1, 0.15) is 19.0 Å². The molecular weight excluding hydrogens is 448 g/mol. The third-order valence-corrected chi connectivity index (χ3v) is 6.24. The normalized spacial score (nSPS) is 21.9. The maximum absolute atomic E-state index is 13.4. The van der Waals surface area contributed by atoms with Crippen LogP contribution in [0.1, 0.15) is 29.8 Å². The first-order chi connectivity index (χ1) is 16.8. The van der Waals surface area contributed by atoms with Gasteiger partial charge in [0.05, 0.1) is 11.7 Å². The van der Waals surface area contributed by atoms with Crippen molar-refractivity contribution in [2.45, 2.75) is 32.5 Å². The largest absolute Gasteiger partial charge is 0.491 e. The van der Waals surface area contributed by atoms with Crippen LogP contribution in [0, 0.1) is 5.92 Å². The van der Waals surface area contributed by atoms with Gasteiger partial charge in [-0.2, -0.15) is 0 Å². The lowest BCUT2D eigenvalue weighted by molar-refractivity contribution is -0.119. The Bertz CT molecular complexity index is 987. The smallest absolute Gasteiger partial charge is 0.257 e. The molecule has 1 aromatic heterocycles. The Hall–Kier alpha value is -3.01. The maximum Gasteiger partial charge on any atom is 0.257 e. The van der Waals surface area contributed by atoms with Crippen LogP contribution >= 0.6 is 0 Å². The van der Waals surface area contributed by atoms with Gasteiger partial charge in [-0.15, -0.1) is 0 Å². The molecule has 190 valence electrons. The average Bonchev–Trinajstić information content (AvgIpc) is 2.85. The molecule has 0 bridgehead atoms. The lowest BCUT2D eigenvalue weighted by Gasteiger charge is -2.36. The minimum absolute atomic E-state index is 0.0661. The van der Waals surface area contributed by atoms with Gasteiger partial charge >= 0.3 is 0 Å². The first-order valence-corrected chi connectivity index (χ1v) is 11.8. The molecular formula is C26H36N4O5. The minimum atomic E-state index is -0.296. The van der Waals surface area contributed by atoms with E-state index in [1.807, 2.05) is 12.3 Å². The first kappa shape index (κ1) is 26.6. The summed E-state index contributed by atoms with van der Waals surface area (Å²) >= 11 is 0. The quantitative estimate of drug-likeness (QED) is 0.674. The molecule has 0 fully saturated rings. The van der Waals surface area contributed by atoms with E-state index < -0.39 is 0 Å². The van der Waals surface area contributed by atoms with Gasteiger partial charge in [-0.05, 0) is 42.7 Å². The molecule has 1 N–H and O–H groups in total. The summed E-state index contributed by atoms with van der Waals surface area (Å²) in [5, 5.41) is 2.76. The number of carbonyl (C=O) groups is 2. The van der Waals surface area contributed by atoms with Crippen molar-refractivity contribution in [3.63, 3.8) is 0 Å². The van der Waals surface area contributed by atoms with E-state index in [0.717, 1.165) is 18.7 Å². The Morgan fingerprint density at radius 3 is 2.71 bits per heavy atom.